The summed E-state index contributed by atoms with van der Waals surface area (Å²) in [7, 11) is 0. The predicted molar refractivity (Wildman–Crippen MR) is 62.9 cm³/mol. The van der Waals surface area contributed by atoms with Gasteiger partial charge in [0.15, 0.2) is 0 Å². The molecule has 0 fully saturated rings. The Bertz CT molecular complexity index is 434. The van der Waals surface area contributed by atoms with Crippen LogP contribution in [-0.4, -0.2) is 6.54 Å². The van der Waals surface area contributed by atoms with Gasteiger partial charge < -0.3 is 5.32 Å². The molecule has 0 aliphatic heterocycles. The van der Waals surface area contributed by atoms with Gasteiger partial charge in [-0.1, -0.05) is 6.07 Å². The third-order valence-corrected chi connectivity index (χ3v) is 3.08. The summed E-state index contributed by atoms with van der Waals surface area (Å²) in [6.07, 6.45) is 0.857. The smallest absolute Gasteiger partial charge is 0.128 e. The molecule has 84 valence electrons. The van der Waals surface area contributed by atoms with Crippen LogP contribution in [0.5, 0.6) is 0 Å². The summed E-state index contributed by atoms with van der Waals surface area (Å²) < 4.78 is 25.7. The van der Waals surface area contributed by atoms with E-state index >= 15 is 0 Å². The number of benzene rings is 1. The molecule has 1 aromatic heterocycles. The lowest BCUT2D eigenvalue weighted by Crippen LogP contribution is -2.04. The van der Waals surface area contributed by atoms with Crippen molar-refractivity contribution in [1.82, 2.24) is 0 Å². The van der Waals surface area contributed by atoms with E-state index in [2.05, 4.69) is 5.32 Å². The molecule has 2 aromatic rings. The number of hydrogen-bond donors (Lipinski definition) is 1. The predicted octanol–water partition coefficient (Wildman–Crippen LogP) is 3.68. The minimum absolute atomic E-state index is 0.481. The monoisotopic (exact) mass is 239 g/mol. The number of hydrogen-bond acceptors (Lipinski definition) is 2. The van der Waals surface area contributed by atoms with Crippen molar-refractivity contribution in [1.29, 1.82) is 0 Å². The summed E-state index contributed by atoms with van der Waals surface area (Å²) >= 11 is 1.68. The van der Waals surface area contributed by atoms with E-state index in [4.69, 9.17) is 0 Å². The Morgan fingerprint density at radius 3 is 2.50 bits per heavy atom. The second kappa shape index (κ2) is 5.07. The summed E-state index contributed by atoms with van der Waals surface area (Å²) in [5, 5.41) is 5.00. The minimum atomic E-state index is -0.557. The van der Waals surface area contributed by atoms with E-state index in [1.807, 2.05) is 17.5 Å². The standard InChI is InChI=1S/C12H11F2NS/c13-9-6-10(14)8-11(7-9)15-4-3-12-2-1-5-16-12/h1-2,5-8,15H,3-4H2. The lowest BCUT2D eigenvalue weighted by molar-refractivity contribution is 0.584. The van der Waals surface area contributed by atoms with Gasteiger partial charge in [-0.3, -0.25) is 0 Å². The van der Waals surface area contributed by atoms with Gasteiger partial charge in [-0.15, -0.1) is 11.3 Å². The largest absolute Gasteiger partial charge is 0.385 e. The van der Waals surface area contributed by atoms with Crippen molar-refractivity contribution in [2.45, 2.75) is 6.42 Å². The van der Waals surface area contributed by atoms with Crippen LogP contribution in [0.15, 0.2) is 35.7 Å². The van der Waals surface area contributed by atoms with Crippen LogP contribution in [0.1, 0.15) is 4.88 Å². The lowest BCUT2D eigenvalue weighted by atomic mass is 10.3. The van der Waals surface area contributed by atoms with Crippen molar-refractivity contribution in [2.75, 3.05) is 11.9 Å². The number of nitrogens with one attached hydrogen (secondary N) is 1. The van der Waals surface area contributed by atoms with Crippen LogP contribution < -0.4 is 5.32 Å². The normalized spacial score (nSPS) is 10.4. The van der Waals surface area contributed by atoms with Gasteiger partial charge in [-0.25, -0.2) is 8.78 Å². The quantitative estimate of drug-likeness (QED) is 0.858. The fourth-order valence-electron chi connectivity index (χ4n) is 1.44. The zero-order valence-corrected chi connectivity index (χ0v) is 9.36. The van der Waals surface area contributed by atoms with Crippen molar-refractivity contribution in [3.63, 3.8) is 0 Å². The first-order chi connectivity index (χ1) is 7.74. The lowest BCUT2D eigenvalue weighted by Gasteiger charge is -2.05. The highest BCUT2D eigenvalue weighted by atomic mass is 32.1. The summed E-state index contributed by atoms with van der Waals surface area (Å²) in [5.74, 6) is -1.11. The average molecular weight is 239 g/mol. The first-order valence-electron chi connectivity index (χ1n) is 4.96. The first kappa shape index (κ1) is 11.1. The van der Waals surface area contributed by atoms with E-state index in [0.717, 1.165) is 12.5 Å². The van der Waals surface area contributed by atoms with Crippen molar-refractivity contribution < 1.29 is 8.78 Å². The molecule has 4 heteroatoms. The molecular formula is C12H11F2NS. The van der Waals surface area contributed by atoms with Crippen LogP contribution in [0, 0.1) is 11.6 Å². The molecular weight excluding hydrogens is 228 g/mol. The van der Waals surface area contributed by atoms with Crippen molar-refractivity contribution >= 4 is 17.0 Å². The van der Waals surface area contributed by atoms with Crippen LogP contribution in [0.25, 0.3) is 0 Å². The molecule has 2 rings (SSSR count). The average Bonchev–Trinajstić information content (AvgIpc) is 2.69. The molecule has 0 saturated carbocycles. The molecule has 1 aromatic carbocycles. The molecule has 0 atom stereocenters. The topological polar surface area (TPSA) is 12.0 Å². The van der Waals surface area contributed by atoms with Gasteiger partial charge in [-0.05, 0) is 30.0 Å². The summed E-state index contributed by atoms with van der Waals surface area (Å²) in [4.78, 5) is 1.25. The summed E-state index contributed by atoms with van der Waals surface area (Å²) in [5.41, 5.74) is 0.481. The SMILES string of the molecule is Fc1cc(F)cc(NCCc2cccs2)c1. The molecule has 0 unspecified atom stereocenters. The molecule has 1 nitrogen and oxygen atoms in total. The second-order valence-corrected chi connectivity index (χ2v) is 4.45. The van der Waals surface area contributed by atoms with Gasteiger partial charge in [0.25, 0.3) is 0 Å². The molecule has 0 spiro atoms. The maximum Gasteiger partial charge on any atom is 0.128 e. The van der Waals surface area contributed by atoms with Crippen molar-refractivity contribution in [3.8, 4) is 0 Å². The molecule has 16 heavy (non-hydrogen) atoms. The number of rotatable bonds is 4. The van der Waals surface area contributed by atoms with E-state index in [-0.39, 0.29) is 0 Å². The third-order valence-electron chi connectivity index (χ3n) is 2.14. The van der Waals surface area contributed by atoms with Gasteiger partial charge in [0.1, 0.15) is 11.6 Å². The van der Waals surface area contributed by atoms with E-state index in [1.54, 1.807) is 11.3 Å². The molecule has 0 aliphatic carbocycles. The highest BCUT2D eigenvalue weighted by Gasteiger charge is 2.00. The number of thiophene rings is 1. The second-order valence-electron chi connectivity index (χ2n) is 3.41. The zero-order valence-electron chi connectivity index (χ0n) is 8.54. The Kier molecular flexibility index (Phi) is 3.51. The molecule has 0 amide bonds. The van der Waals surface area contributed by atoms with Gasteiger partial charge in [0.2, 0.25) is 0 Å². The van der Waals surface area contributed by atoms with Crippen molar-refractivity contribution in [2.24, 2.45) is 0 Å². The molecule has 0 radical (unpaired) electrons. The Morgan fingerprint density at radius 2 is 1.88 bits per heavy atom. The summed E-state index contributed by atoms with van der Waals surface area (Å²) in [6, 6.07) is 7.47. The fraction of sp³-hybridized carbons (Fsp3) is 0.167. The van der Waals surface area contributed by atoms with E-state index in [1.165, 1.54) is 17.0 Å². The minimum Gasteiger partial charge on any atom is -0.385 e. The van der Waals surface area contributed by atoms with E-state index < -0.39 is 11.6 Å². The Labute approximate surface area is 96.7 Å². The number of halogens is 2. The maximum atomic E-state index is 12.9. The molecule has 1 N–H and O–H groups in total. The molecule has 0 aliphatic rings. The molecule has 1 heterocycles. The molecule has 0 bridgehead atoms. The zero-order chi connectivity index (χ0) is 11.4. The van der Waals surface area contributed by atoms with Gasteiger partial charge >= 0.3 is 0 Å². The van der Waals surface area contributed by atoms with Gasteiger partial charge in [-0.2, -0.15) is 0 Å². The Balaban J connectivity index is 1.89. The highest BCUT2D eigenvalue weighted by Crippen LogP contribution is 2.14. The van der Waals surface area contributed by atoms with E-state index in [9.17, 15) is 8.78 Å². The van der Waals surface area contributed by atoms with Gasteiger partial charge in [0.05, 0.1) is 0 Å². The molecule has 0 saturated heterocycles. The fourth-order valence-corrected chi connectivity index (χ4v) is 2.15. The highest BCUT2D eigenvalue weighted by molar-refractivity contribution is 7.09. The third kappa shape index (κ3) is 3.03. The van der Waals surface area contributed by atoms with Crippen LogP contribution >= 0.6 is 11.3 Å². The number of anilines is 1. The summed E-state index contributed by atoms with van der Waals surface area (Å²) in [6.45, 7) is 0.670. The van der Waals surface area contributed by atoms with E-state index in [0.29, 0.717) is 12.2 Å². The van der Waals surface area contributed by atoms with Crippen LogP contribution in [0.2, 0.25) is 0 Å². The van der Waals surface area contributed by atoms with Gasteiger partial charge in [0, 0.05) is 23.2 Å². The van der Waals surface area contributed by atoms with Crippen molar-refractivity contribution in [3.05, 3.63) is 52.2 Å². The van der Waals surface area contributed by atoms with Crippen LogP contribution in [0.3, 0.4) is 0 Å². The Morgan fingerprint density at radius 1 is 1.12 bits per heavy atom. The van der Waals surface area contributed by atoms with Crippen LogP contribution in [-0.2, 0) is 6.42 Å². The first-order valence-corrected chi connectivity index (χ1v) is 5.84. The maximum absolute atomic E-state index is 12.9. The van der Waals surface area contributed by atoms with Crippen LogP contribution in [0.4, 0.5) is 14.5 Å². The Hall–Kier alpha value is -1.42.